The average molecular weight is 276 g/mol. The van der Waals surface area contributed by atoms with Crippen molar-refractivity contribution in [1.82, 2.24) is 4.90 Å². The largest absolute Gasteiger partial charge is 0.493 e. The Kier molecular flexibility index (Phi) is 4.24. The summed E-state index contributed by atoms with van der Waals surface area (Å²) >= 11 is 0. The third-order valence-electron chi connectivity index (χ3n) is 4.48. The molecule has 2 heterocycles. The molecule has 2 unspecified atom stereocenters. The molecule has 0 amide bonds. The van der Waals surface area contributed by atoms with E-state index in [0.29, 0.717) is 18.5 Å². The summed E-state index contributed by atoms with van der Waals surface area (Å²) in [7, 11) is 1.78. The van der Waals surface area contributed by atoms with Gasteiger partial charge in [0.2, 0.25) is 0 Å². The summed E-state index contributed by atoms with van der Waals surface area (Å²) < 4.78 is 10.9. The Morgan fingerprint density at radius 3 is 3.20 bits per heavy atom. The van der Waals surface area contributed by atoms with Crippen molar-refractivity contribution in [3.05, 3.63) is 29.3 Å². The minimum atomic E-state index is 0.322. The lowest BCUT2D eigenvalue weighted by Gasteiger charge is -2.27. The van der Waals surface area contributed by atoms with Gasteiger partial charge in [0.05, 0.1) is 13.2 Å². The monoisotopic (exact) mass is 276 g/mol. The number of ether oxygens (including phenoxy) is 2. The van der Waals surface area contributed by atoms with Gasteiger partial charge >= 0.3 is 0 Å². The normalized spacial score (nSPS) is 23.6. The highest BCUT2D eigenvalue weighted by molar-refractivity contribution is 5.41. The first-order chi connectivity index (χ1) is 9.81. The zero-order valence-electron chi connectivity index (χ0n) is 12.2. The van der Waals surface area contributed by atoms with Crippen LogP contribution in [-0.2, 0) is 11.2 Å². The van der Waals surface area contributed by atoms with Crippen LogP contribution in [0.4, 0.5) is 0 Å². The van der Waals surface area contributed by atoms with E-state index in [1.54, 1.807) is 7.11 Å². The molecule has 20 heavy (non-hydrogen) atoms. The van der Waals surface area contributed by atoms with E-state index in [1.165, 1.54) is 17.5 Å². The molecule has 1 fully saturated rings. The maximum absolute atomic E-state index is 6.05. The van der Waals surface area contributed by atoms with Crippen LogP contribution in [0.1, 0.15) is 23.6 Å². The van der Waals surface area contributed by atoms with E-state index in [1.807, 2.05) is 0 Å². The fourth-order valence-corrected chi connectivity index (χ4v) is 3.43. The minimum Gasteiger partial charge on any atom is -0.493 e. The van der Waals surface area contributed by atoms with Crippen LogP contribution in [0.3, 0.4) is 0 Å². The zero-order chi connectivity index (χ0) is 13.9. The lowest BCUT2D eigenvalue weighted by atomic mass is 10.0. The van der Waals surface area contributed by atoms with Crippen LogP contribution >= 0.6 is 0 Å². The lowest BCUT2D eigenvalue weighted by molar-refractivity contribution is 0.147. The van der Waals surface area contributed by atoms with Gasteiger partial charge in [0.1, 0.15) is 5.75 Å². The van der Waals surface area contributed by atoms with Gasteiger partial charge in [-0.05, 0) is 36.1 Å². The molecule has 1 aromatic carbocycles. The van der Waals surface area contributed by atoms with E-state index in [2.05, 4.69) is 23.1 Å². The number of likely N-dealkylation sites (tertiary alicyclic amines) is 1. The van der Waals surface area contributed by atoms with Gasteiger partial charge in [-0.25, -0.2) is 0 Å². The van der Waals surface area contributed by atoms with Crippen molar-refractivity contribution in [2.45, 2.75) is 18.9 Å². The molecule has 0 radical (unpaired) electrons. The maximum Gasteiger partial charge on any atom is 0.122 e. The molecule has 4 heteroatoms. The zero-order valence-corrected chi connectivity index (χ0v) is 12.2. The van der Waals surface area contributed by atoms with Crippen molar-refractivity contribution < 1.29 is 9.47 Å². The predicted octanol–water partition coefficient (Wildman–Crippen LogP) is 1.59. The summed E-state index contributed by atoms with van der Waals surface area (Å²) in [5, 5.41) is 0. The molecule has 0 saturated carbocycles. The highest BCUT2D eigenvalue weighted by Gasteiger charge is 2.29. The number of hydrogen-bond donors (Lipinski definition) is 1. The molecule has 0 bridgehead atoms. The summed E-state index contributed by atoms with van der Waals surface area (Å²) in [4.78, 5) is 2.50. The molecule has 4 nitrogen and oxygen atoms in total. The van der Waals surface area contributed by atoms with Crippen LogP contribution < -0.4 is 10.5 Å². The third-order valence-corrected chi connectivity index (χ3v) is 4.48. The van der Waals surface area contributed by atoms with Gasteiger partial charge < -0.3 is 15.2 Å². The number of hydrogen-bond acceptors (Lipinski definition) is 4. The molecule has 1 aromatic rings. The second-order valence-corrected chi connectivity index (χ2v) is 5.82. The van der Waals surface area contributed by atoms with Gasteiger partial charge in [-0.15, -0.1) is 0 Å². The Hall–Kier alpha value is -1.10. The van der Waals surface area contributed by atoms with Gasteiger partial charge in [0, 0.05) is 32.7 Å². The van der Waals surface area contributed by atoms with Gasteiger partial charge in [0.25, 0.3) is 0 Å². The number of methoxy groups -OCH3 is 1. The van der Waals surface area contributed by atoms with Gasteiger partial charge in [-0.2, -0.15) is 0 Å². The summed E-state index contributed by atoms with van der Waals surface area (Å²) in [6, 6.07) is 6.88. The quantitative estimate of drug-likeness (QED) is 0.887. The highest BCUT2D eigenvalue weighted by atomic mass is 16.5. The average Bonchev–Trinajstić information content (AvgIpc) is 3.09. The molecular formula is C16H24N2O2. The number of nitrogens with two attached hydrogens (primary N) is 1. The Labute approximate surface area is 120 Å². The molecule has 1 saturated heterocycles. The molecule has 2 N–H and O–H groups in total. The molecule has 0 aliphatic carbocycles. The summed E-state index contributed by atoms with van der Waals surface area (Å²) in [5.41, 5.74) is 8.70. The van der Waals surface area contributed by atoms with Crippen molar-refractivity contribution in [2.75, 3.05) is 40.0 Å². The third kappa shape index (κ3) is 2.68. The highest BCUT2D eigenvalue weighted by Crippen LogP contribution is 2.32. The predicted molar refractivity (Wildman–Crippen MR) is 79.0 cm³/mol. The van der Waals surface area contributed by atoms with Crippen molar-refractivity contribution in [2.24, 2.45) is 11.7 Å². The maximum atomic E-state index is 6.05. The van der Waals surface area contributed by atoms with E-state index < -0.39 is 0 Å². The lowest BCUT2D eigenvalue weighted by Crippen LogP contribution is -2.32. The minimum absolute atomic E-state index is 0.322. The summed E-state index contributed by atoms with van der Waals surface area (Å²) in [5.74, 6) is 1.69. The Balaban J connectivity index is 1.73. The Morgan fingerprint density at radius 1 is 1.50 bits per heavy atom. The molecule has 3 rings (SSSR count). The van der Waals surface area contributed by atoms with Gasteiger partial charge in [0.15, 0.2) is 0 Å². The smallest absolute Gasteiger partial charge is 0.122 e. The van der Waals surface area contributed by atoms with Crippen LogP contribution in [0.25, 0.3) is 0 Å². The van der Waals surface area contributed by atoms with E-state index >= 15 is 0 Å². The van der Waals surface area contributed by atoms with Gasteiger partial charge in [-0.3, -0.25) is 4.90 Å². The molecule has 2 atom stereocenters. The second-order valence-electron chi connectivity index (χ2n) is 5.82. The van der Waals surface area contributed by atoms with Crippen LogP contribution in [0.5, 0.6) is 5.75 Å². The van der Waals surface area contributed by atoms with Gasteiger partial charge in [-0.1, -0.05) is 12.1 Å². The molecule has 2 aliphatic heterocycles. The van der Waals surface area contributed by atoms with E-state index in [4.69, 9.17) is 15.2 Å². The number of nitrogens with zero attached hydrogens (tertiary/aromatic N) is 1. The molecular weight excluding hydrogens is 252 g/mol. The fourth-order valence-electron chi connectivity index (χ4n) is 3.43. The van der Waals surface area contributed by atoms with Crippen molar-refractivity contribution in [3.63, 3.8) is 0 Å². The first kappa shape index (κ1) is 13.9. The van der Waals surface area contributed by atoms with Crippen molar-refractivity contribution in [1.29, 1.82) is 0 Å². The number of rotatable bonds is 5. The molecule has 2 aliphatic rings. The van der Waals surface area contributed by atoms with E-state index in [-0.39, 0.29) is 0 Å². The number of benzene rings is 1. The van der Waals surface area contributed by atoms with Crippen LogP contribution in [-0.4, -0.2) is 44.9 Å². The summed E-state index contributed by atoms with van der Waals surface area (Å²) in [6.07, 6.45) is 2.23. The van der Waals surface area contributed by atoms with E-state index in [0.717, 1.165) is 38.5 Å². The number of fused-ring (bicyclic) bond motifs is 1. The van der Waals surface area contributed by atoms with Crippen LogP contribution in [0.2, 0.25) is 0 Å². The molecule has 0 spiro atoms. The van der Waals surface area contributed by atoms with Crippen molar-refractivity contribution in [3.8, 4) is 5.75 Å². The first-order valence-electron chi connectivity index (χ1n) is 7.50. The fraction of sp³-hybridized carbons (Fsp3) is 0.625. The second kappa shape index (κ2) is 6.12. The Morgan fingerprint density at radius 2 is 2.40 bits per heavy atom. The first-order valence-corrected chi connectivity index (χ1v) is 7.50. The molecule has 0 aromatic heterocycles. The van der Waals surface area contributed by atoms with E-state index in [9.17, 15) is 0 Å². The molecule has 110 valence electrons. The Bertz CT molecular complexity index is 464. The van der Waals surface area contributed by atoms with Crippen molar-refractivity contribution >= 4 is 0 Å². The topological polar surface area (TPSA) is 47.7 Å². The van der Waals surface area contributed by atoms with Crippen LogP contribution in [0.15, 0.2) is 18.2 Å². The SMILES string of the molecule is COCC1CCN(C(CN)c2ccc3c(c2)CCO3)C1. The van der Waals surface area contributed by atoms with Crippen LogP contribution in [0, 0.1) is 5.92 Å². The summed E-state index contributed by atoms with van der Waals surface area (Å²) in [6.45, 7) is 4.53. The standard InChI is InChI=1S/C16H24N2O2/c1-19-11-12-4-6-18(10-12)15(9-17)13-2-3-16-14(8-13)5-7-20-16/h2-3,8,12,15H,4-7,9-11,17H2,1H3.